The predicted molar refractivity (Wildman–Crippen MR) is 121 cm³/mol. The van der Waals surface area contributed by atoms with E-state index in [4.69, 9.17) is 9.47 Å². The number of fused-ring (bicyclic) bond motifs is 1. The van der Waals surface area contributed by atoms with Crippen LogP contribution in [0.25, 0.3) is 11.0 Å². The molecule has 1 aliphatic heterocycles. The Morgan fingerprint density at radius 2 is 1.85 bits per heavy atom. The van der Waals surface area contributed by atoms with Gasteiger partial charge in [-0.1, -0.05) is 0 Å². The first-order chi connectivity index (χ1) is 16.2. The Hall–Kier alpha value is -3.33. The summed E-state index contributed by atoms with van der Waals surface area (Å²) in [6.07, 6.45) is 7.68. The highest BCUT2D eigenvalue weighted by Crippen LogP contribution is 2.33. The maximum atomic E-state index is 13.0. The topological polar surface area (TPSA) is 89.5 Å². The van der Waals surface area contributed by atoms with Crippen molar-refractivity contribution in [3.63, 3.8) is 0 Å². The lowest BCUT2D eigenvalue weighted by molar-refractivity contribution is 0.0890. The van der Waals surface area contributed by atoms with E-state index in [2.05, 4.69) is 37.3 Å². The number of carbonyl (C=O) groups excluding carboxylic acids is 1. The summed E-state index contributed by atoms with van der Waals surface area (Å²) >= 11 is 0. The van der Waals surface area contributed by atoms with Crippen LogP contribution in [-0.2, 0) is 4.74 Å². The molecule has 2 aliphatic rings. The monoisotopic (exact) mass is 451 g/mol. The van der Waals surface area contributed by atoms with Crippen molar-refractivity contribution in [1.82, 2.24) is 20.3 Å². The Morgan fingerprint density at radius 1 is 1.06 bits per heavy atom. The standard InChI is InChI=1S/C24H26FN5O3/c25-16-1-6-20(28-15-16)24(31)29-17-2-4-19(5-3-17)33-22-14-18(30-9-11-32-12-10-30)13-21-23(22)27-8-7-26-21/h1,6-8,13-15,17,19H,2-5,9-12H2,(H,29,31)/t17-,19+. The highest BCUT2D eigenvalue weighted by atomic mass is 19.1. The highest BCUT2D eigenvalue weighted by molar-refractivity contribution is 5.92. The van der Waals surface area contributed by atoms with Crippen LogP contribution in [0.5, 0.6) is 5.75 Å². The summed E-state index contributed by atoms with van der Waals surface area (Å²) in [5, 5.41) is 3.00. The molecule has 3 heterocycles. The summed E-state index contributed by atoms with van der Waals surface area (Å²) in [5.74, 6) is 0.00282. The zero-order valence-corrected chi connectivity index (χ0v) is 18.2. The van der Waals surface area contributed by atoms with E-state index < -0.39 is 5.82 Å². The maximum absolute atomic E-state index is 13.0. The number of carbonyl (C=O) groups is 1. The van der Waals surface area contributed by atoms with Crippen molar-refractivity contribution in [2.75, 3.05) is 31.2 Å². The Balaban J connectivity index is 1.24. The third-order valence-electron chi connectivity index (χ3n) is 6.16. The molecule has 1 aliphatic carbocycles. The lowest BCUT2D eigenvalue weighted by Gasteiger charge is -2.31. The molecule has 2 aromatic heterocycles. The van der Waals surface area contributed by atoms with E-state index in [1.807, 2.05) is 0 Å². The quantitative estimate of drug-likeness (QED) is 0.638. The lowest BCUT2D eigenvalue weighted by Crippen LogP contribution is -2.40. The molecular weight excluding hydrogens is 425 g/mol. The second-order valence-electron chi connectivity index (χ2n) is 8.39. The summed E-state index contributed by atoms with van der Waals surface area (Å²) in [6, 6.07) is 6.78. The molecule has 2 fully saturated rings. The van der Waals surface area contributed by atoms with Crippen LogP contribution in [0.4, 0.5) is 10.1 Å². The molecule has 1 saturated carbocycles. The molecule has 8 nitrogen and oxygen atoms in total. The van der Waals surface area contributed by atoms with Crippen molar-refractivity contribution in [3.8, 4) is 5.75 Å². The molecular formula is C24H26FN5O3. The molecule has 3 aromatic rings. The van der Waals surface area contributed by atoms with Gasteiger partial charge < -0.3 is 19.7 Å². The van der Waals surface area contributed by atoms with E-state index in [9.17, 15) is 9.18 Å². The molecule has 0 atom stereocenters. The minimum Gasteiger partial charge on any atom is -0.488 e. The molecule has 5 rings (SSSR count). The number of nitrogens with zero attached hydrogens (tertiary/aromatic N) is 4. The number of ether oxygens (including phenoxy) is 2. The number of pyridine rings is 1. The molecule has 0 unspecified atom stereocenters. The van der Waals surface area contributed by atoms with Crippen molar-refractivity contribution in [3.05, 3.63) is 54.4 Å². The number of rotatable bonds is 5. The summed E-state index contributed by atoms with van der Waals surface area (Å²) in [6.45, 7) is 3.08. The maximum Gasteiger partial charge on any atom is 0.270 e. The van der Waals surface area contributed by atoms with Crippen LogP contribution in [-0.4, -0.2) is 59.3 Å². The van der Waals surface area contributed by atoms with Gasteiger partial charge in [0.1, 0.15) is 22.8 Å². The third-order valence-corrected chi connectivity index (χ3v) is 6.16. The van der Waals surface area contributed by atoms with Crippen LogP contribution in [0, 0.1) is 5.82 Å². The number of anilines is 1. The fourth-order valence-corrected chi connectivity index (χ4v) is 4.40. The van der Waals surface area contributed by atoms with Crippen molar-refractivity contribution in [2.24, 2.45) is 0 Å². The lowest BCUT2D eigenvalue weighted by atomic mass is 9.92. The molecule has 1 amide bonds. The highest BCUT2D eigenvalue weighted by Gasteiger charge is 2.25. The van der Waals surface area contributed by atoms with Gasteiger partial charge in [-0.05, 0) is 43.9 Å². The molecule has 9 heteroatoms. The minimum absolute atomic E-state index is 0.0345. The summed E-state index contributed by atoms with van der Waals surface area (Å²) in [7, 11) is 0. The molecule has 0 radical (unpaired) electrons. The largest absolute Gasteiger partial charge is 0.488 e. The first-order valence-corrected chi connectivity index (χ1v) is 11.3. The van der Waals surface area contributed by atoms with Crippen LogP contribution in [0.15, 0.2) is 42.9 Å². The van der Waals surface area contributed by atoms with Gasteiger partial charge in [0.25, 0.3) is 5.91 Å². The van der Waals surface area contributed by atoms with E-state index in [-0.39, 0.29) is 23.7 Å². The number of hydrogen-bond acceptors (Lipinski definition) is 7. The van der Waals surface area contributed by atoms with Gasteiger partial charge in [-0.25, -0.2) is 14.4 Å². The van der Waals surface area contributed by atoms with Crippen LogP contribution >= 0.6 is 0 Å². The van der Waals surface area contributed by atoms with Crippen LogP contribution in [0.2, 0.25) is 0 Å². The molecule has 0 spiro atoms. The predicted octanol–water partition coefficient (Wildman–Crippen LogP) is 3.12. The van der Waals surface area contributed by atoms with E-state index in [1.54, 1.807) is 12.4 Å². The van der Waals surface area contributed by atoms with Crippen molar-refractivity contribution in [2.45, 2.75) is 37.8 Å². The van der Waals surface area contributed by atoms with Gasteiger partial charge in [0.15, 0.2) is 0 Å². The Bertz CT molecular complexity index is 1110. The molecule has 1 saturated heterocycles. The van der Waals surface area contributed by atoms with Gasteiger partial charge in [-0.2, -0.15) is 0 Å². The number of morpholine rings is 1. The average Bonchev–Trinajstić information content (AvgIpc) is 2.86. The van der Waals surface area contributed by atoms with E-state index in [1.165, 1.54) is 12.1 Å². The Labute approximate surface area is 191 Å². The van der Waals surface area contributed by atoms with Crippen LogP contribution < -0.4 is 15.0 Å². The molecule has 1 aromatic carbocycles. The van der Waals surface area contributed by atoms with Gasteiger partial charge >= 0.3 is 0 Å². The first-order valence-electron chi connectivity index (χ1n) is 11.3. The van der Waals surface area contributed by atoms with E-state index in [0.717, 1.165) is 67.4 Å². The SMILES string of the molecule is O=C(N[C@H]1CC[C@@H](Oc2cc(N3CCOCC3)cc3nccnc23)CC1)c1ccc(F)cn1. The zero-order valence-electron chi connectivity index (χ0n) is 18.2. The van der Waals surface area contributed by atoms with E-state index in [0.29, 0.717) is 13.2 Å². The van der Waals surface area contributed by atoms with Crippen molar-refractivity contribution >= 4 is 22.6 Å². The molecule has 0 bridgehead atoms. The average molecular weight is 452 g/mol. The fourth-order valence-electron chi connectivity index (χ4n) is 4.40. The second-order valence-corrected chi connectivity index (χ2v) is 8.39. The van der Waals surface area contributed by atoms with Gasteiger partial charge in [-0.3, -0.25) is 9.78 Å². The number of benzene rings is 1. The zero-order chi connectivity index (χ0) is 22.6. The van der Waals surface area contributed by atoms with Gasteiger partial charge in [0.2, 0.25) is 0 Å². The summed E-state index contributed by atoms with van der Waals surface area (Å²) in [5.41, 5.74) is 2.85. The van der Waals surface area contributed by atoms with E-state index >= 15 is 0 Å². The third kappa shape index (κ3) is 5.03. The van der Waals surface area contributed by atoms with Gasteiger partial charge in [0.05, 0.1) is 31.0 Å². The number of nitrogens with one attached hydrogen (secondary N) is 1. The Kier molecular flexibility index (Phi) is 6.30. The summed E-state index contributed by atoms with van der Waals surface area (Å²) < 4.78 is 24.9. The number of aromatic nitrogens is 3. The first kappa shape index (κ1) is 21.5. The molecule has 33 heavy (non-hydrogen) atoms. The van der Waals surface area contributed by atoms with Crippen molar-refractivity contribution in [1.29, 1.82) is 0 Å². The summed E-state index contributed by atoms with van der Waals surface area (Å²) in [4.78, 5) is 27.5. The van der Waals surface area contributed by atoms with Crippen LogP contribution in [0.3, 0.4) is 0 Å². The normalized spacial score (nSPS) is 21.1. The molecule has 1 N–H and O–H groups in total. The Morgan fingerprint density at radius 3 is 2.61 bits per heavy atom. The number of hydrogen-bond donors (Lipinski definition) is 1. The van der Waals surface area contributed by atoms with Crippen LogP contribution in [0.1, 0.15) is 36.2 Å². The second kappa shape index (κ2) is 9.66. The number of halogens is 1. The number of amides is 1. The molecule has 172 valence electrons. The van der Waals surface area contributed by atoms with Crippen molar-refractivity contribution < 1.29 is 18.7 Å². The van der Waals surface area contributed by atoms with Gasteiger partial charge in [0, 0.05) is 43.3 Å². The minimum atomic E-state index is -0.459. The smallest absolute Gasteiger partial charge is 0.270 e. The van der Waals surface area contributed by atoms with Gasteiger partial charge in [-0.15, -0.1) is 0 Å². The fraction of sp³-hybridized carbons (Fsp3) is 0.417.